The number of ketones is 1. The van der Waals surface area contributed by atoms with E-state index < -0.39 is 5.97 Å². The Morgan fingerprint density at radius 1 is 1.15 bits per heavy atom. The molecular formula is C19H14N2O3S2. The number of thiazole rings is 1. The van der Waals surface area contributed by atoms with E-state index in [1.165, 1.54) is 11.3 Å². The number of para-hydroxylation sites is 1. The molecule has 130 valence electrons. The molecule has 0 fully saturated rings. The number of carbonyl (C=O) groups is 2. The number of aromatic nitrogens is 2. The fourth-order valence-electron chi connectivity index (χ4n) is 2.79. The molecule has 0 aliphatic rings. The minimum absolute atomic E-state index is 0.224. The summed E-state index contributed by atoms with van der Waals surface area (Å²) < 4.78 is 5.19. The molecule has 0 aliphatic carbocycles. The van der Waals surface area contributed by atoms with E-state index in [2.05, 4.69) is 9.97 Å². The molecule has 3 aromatic heterocycles. The highest BCUT2D eigenvalue weighted by atomic mass is 32.1. The molecular weight excluding hydrogens is 368 g/mol. The van der Waals surface area contributed by atoms with Gasteiger partial charge in [0.1, 0.15) is 5.01 Å². The molecule has 0 atom stereocenters. The Morgan fingerprint density at radius 3 is 2.81 bits per heavy atom. The van der Waals surface area contributed by atoms with E-state index in [9.17, 15) is 9.59 Å². The molecule has 4 aromatic rings. The number of thiophene rings is 1. The largest absolute Gasteiger partial charge is 0.453 e. The lowest BCUT2D eigenvalue weighted by molar-refractivity contribution is 0.0470. The summed E-state index contributed by atoms with van der Waals surface area (Å²) in [6.07, 6.45) is 0. The zero-order chi connectivity index (χ0) is 18.1. The van der Waals surface area contributed by atoms with Crippen LogP contribution < -0.4 is 0 Å². The Hall–Kier alpha value is -2.77. The van der Waals surface area contributed by atoms with Crippen LogP contribution >= 0.6 is 22.7 Å². The molecule has 0 amide bonds. The molecule has 0 spiro atoms. The van der Waals surface area contributed by atoms with Crippen LogP contribution in [0.3, 0.4) is 0 Å². The highest BCUT2D eigenvalue weighted by molar-refractivity contribution is 7.20. The first kappa shape index (κ1) is 16.7. The van der Waals surface area contributed by atoms with E-state index in [1.54, 1.807) is 16.7 Å². The predicted molar refractivity (Wildman–Crippen MR) is 103 cm³/mol. The second-order valence-electron chi connectivity index (χ2n) is 5.69. The molecule has 4 rings (SSSR count). The SMILES string of the molecule is Cc1[nH]c2ccccc2c1C(=O)COC(=O)c1csc(-c2cccs2)n1. The number of fused-ring (bicyclic) bond motifs is 1. The molecule has 7 heteroatoms. The van der Waals surface area contributed by atoms with Gasteiger partial charge in [-0.25, -0.2) is 9.78 Å². The Balaban J connectivity index is 1.47. The van der Waals surface area contributed by atoms with Gasteiger partial charge in [-0.15, -0.1) is 22.7 Å². The van der Waals surface area contributed by atoms with E-state index in [0.29, 0.717) is 5.56 Å². The molecule has 0 unspecified atom stereocenters. The third-order valence-electron chi connectivity index (χ3n) is 3.95. The van der Waals surface area contributed by atoms with Crippen molar-refractivity contribution in [3.05, 3.63) is 64.1 Å². The summed E-state index contributed by atoms with van der Waals surface area (Å²) in [7, 11) is 0. The molecule has 0 saturated carbocycles. The van der Waals surface area contributed by atoms with E-state index in [-0.39, 0.29) is 18.1 Å². The maximum Gasteiger partial charge on any atom is 0.358 e. The van der Waals surface area contributed by atoms with E-state index >= 15 is 0 Å². The fraction of sp³-hybridized carbons (Fsp3) is 0.105. The monoisotopic (exact) mass is 382 g/mol. The number of hydrogen-bond acceptors (Lipinski definition) is 6. The summed E-state index contributed by atoms with van der Waals surface area (Å²) in [5.41, 5.74) is 2.44. The van der Waals surface area contributed by atoms with Crippen LogP contribution in [0, 0.1) is 6.92 Å². The van der Waals surface area contributed by atoms with Crippen LogP contribution in [0.4, 0.5) is 0 Å². The van der Waals surface area contributed by atoms with Crippen molar-refractivity contribution in [1.29, 1.82) is 0 Å². The van der Waals surface area contributed by atoms with Crippen LogP contribution in [0.5, 0.6) is 0 Å². The number of rotatable bonds is 5. The number of esters is 1. The van der Waals surface area contributed by atoms with Crippen molar-refractivity contribution in [2.24, 2.45) is 0 Å². The summed E-state index contributed by atoms with van der Waals surface area (Å²) in [5.74, 6) is -0.822. The molecule has 0 saturated heterocycles. The Morgan fingerprint density at radius 2 is 2.00 bits per heavy atom. The van der Waals surface area contributed by atoms with Crippen molar-refractivity contribution in [3.8, 4) is 9.88 Å². The van der Waals surface area contributed by atoms with Crippen molar-refractivity contribution in [3.63, 3.8) is 0 Å². The van der Waals surface area contributed by atoms with Crippen molar-refractivity contribution in [2.75, 3.05) is 6.61 Å². The lowest BCUT2D eigenvalue weighted by Gasteiger charge is -2.03. The number of aryl methyl sites for hydroxylation is 1. The van der Waals surface area contributed by atoms with Crippen LogP contribution in [0.1, 0.15) is 26.5 Å². The lowest BCUT2D eigenvalue weighted by atomic mass is 10.1. The minimum Gasteiger partial charge on any atom is -0.453 e. The highest BCUT2D eigenvalue weighted by Gasteiger charge is 2.19. The average Bonchev–Trinajstić information content (AvgIpc) is 3.36. The van der Waals surface area contributed by atoms with Crippen LogP contribution in [0.15, 0.2) is 47.2 Å². The summed E-state index contributed by atoms with van der Waals surface area (Å²) in [4.78, 5) is 33.2. The number of nitrogens with one attached hydrogen (secondary N) is 1. The quantitative estimate of drug-likeness (QED) is 0.401. The third kappa shape index (κ3) is 3.07. The molecule has 0 aliphatic heterocycles. The zero-order valence-corrected chi connectivity index (χ0v) is 15.4. The van der Waals surface area contributed by atoms with E-state index in [4.69, 9.17) is 4.74 Å². The number of nitrogens with zero attached hydrogens (tertiary/aromatic N) is 1. The lowest BCUT2D eigenvalue weighted by Crippen LogP contribution is -2.15. The van der Waals surface area contributed by atoms with Gasteiger partial charge >= 0.3 is 5.97 Å². The summed E-state index contributed by atoms with van der Waals surface area (Å²) in [6.45, 7) is 1.52. The van der Waals surface area contributed by atoms with Gasteiger partial charge in [-0.3, -0.25) is 4.79 Å². The number of ether oxygens (including phenoxy) is 1. The van der Waals surface area contributed by atoms with Crippen LogP contribution in [0.2, 0.25) is 0 Å². The summed E-state index contributed by atoms with van der Waals surface area (Å²) in [5, 5.41) is 5.21. The fourth-order valence-corrected chi connectivity index (χ4v) is 4.40. The Bertz CT molecular complexity index is 1090. The van der Waals surface area contributed by atoms with Crippen LogP contribution in [-0.2, 0) is 4.74 Å². The second kappa shape index (κ2) is 6.86. The van der Waals surface area contributed by atoms with Gasteiger partial charge in [0.15, 0.2) is 12.3 Å². The van der Waals surface area contributed by atoms with E-state index in [1.807, 2.05) is 48.7 Å². The minimum atomic E-state index is -0.588. The van der Waals surface area contributed by atoms with Crippen molar-refractivity contribution < 1.29 is 14.3 Å². The van der Waals surface area contributed by atoms with Crippen LogP contribution in [0.25, 0.3) is 20.8 Å². The van der Waals surface area contributed by atoms with Gasteiger partial charge in [-0.2, -0.15) is 0 Å². The Labute approximate surface area is 157 Å². The van der Waals surface area contributed by atoms with Gasteiger partial charge in [0.05, 0.1) is 4.88 Å². The first-order chi connectivity index (χ1) is 12.6. The standard InChI is InChI=1S/C19H14N2O3S2/c1-11-17(12-5-2-3-6-13(12)20-11)15(22)9-24-19(23)14-10-26-18(21-14)16-7-4-8-25-16/h2-8,10,20H,9H2,1H3. The number of Topliss-reactive ketones (excluding diaryl/α,β-unsaturated/α-hetero) is 1. The molecule has 0 radical (unpaired) electrons. The molecule has 0 bridgehead atoms. The molecule has 1 N–H and O–H groups in total. The van der Waals surface area contributed by atoms with Gasteiger partial charge in [0.2, 0.25) is 5.78 Å². The van der Waals surface area contributed by atoms with Gasteiger partial charge in [-0.1, -0.05) is 24.3 Å². The number of benzene rings is 1. The van der Waals surface area contributed by atoms with Gasteiger partial charge < -0.3 is 9.72 Å². The van der Waals surface area contributed by atoms with Gasteiger partial charge in [0, 0.05) is 27.5 Å². The van der Waals surface area contributed by atoms with Crippen molar-refractivity contribution >= 4 is 45.3 Å². The maximum atomic E-state index is 12.6. The van der Waals surface area contributed by atoms with Crippen molar-refractivity contribution in [2.45, 2.75) is 6.92 Å². The number of hydrogen-bond donors (Lipinski definition) is 1. The second-order valence-corrected chi connectivity index (χ2v) is 7.49. The van der Waals surface area contributed by atoms with Crippen molar-refractivity contribution in [1.82, 2.24) is 9.97 Å². The molecule has 26 heavy (non-hydrogen) atoms. The number of carbonyl (C=O) groups excluding carboxylic acids is 2. The Kier molecular flexibility index (Phi) is 4.40. The topological polar surface area (TPSA) is 72.1 Å². The maximum absolute atomic E-state index is 12.6. The first-order valence-corrected chi connectivity index (χ1v) is 9.66. The molecule has 3 heterocycles. The van der Waals surface area contributed by atoms with Crippen LogP contribution in [-0.4, -0.2) is 28.3 Å². The molecule has 5 nitrogen and oxygen atoms in total. The number of aromatic amines is 1. The van der Waals surface area contributed by atoms with Gasteiger partial charge in [0.25, 0.3) is 0 Å². The smallest absolute Gasteiger partial charge is 0.358 e. The average molecular weight is 382 g/mol. The predicted octanol–water partition coefficient (Wildman–Crippen LogP) is 4.70. The highest BCUT2D eigenvalue weighted by Crippen LogP contribution is 2.28. The van der Waals surface area contributed by atoms with Gasteiger partial charge in [-0.05, 0) is 24.4 Å². The first-order valence-electron chi connectivity index (χ1n) is 7.90. The third-order valence-corrected chi connectivity index (χ3v) is 5.83. The summed E-state index contributed by atoms with van der Waals surface area (Å²) >= 11 is 2.94. The summed E-state index contributed by atoms with van der Waals surface area (Å²) in [6, 6.07) is 11.4. The van der Waals surface area contributed by atoms with E-state index in [0.717, 1.165) is 26.5 Å². The normalized spacial score (nSPS) is 11.0. The number of H-pyrrole nitrogens is 1. The molecule has 1 aromatic carbocycles. The zero-order valence-electron chi connectivity index (χ0n) is 13.8.